The summed E-state index contributed by atoms with van der Waals surface area (Å²) in [6.45, 7) is 8.82. The van der Waals surface area contributed by atoms with Gasteiger partial charge >= 0.3 is 0 Å². The molecule has 0 aliphatic carbocycles. The molecule has 20 heavy (non-hydrogen) atoms. The van der Waals surface area contributed by atoms with Crippen molar-refractivity contribution < 1.29 is 0 Å². The number of rotatable bonds is 6. The molecule has 1 saturated heterocycles. The summed E-state index contributed by atoms with van der Waals surface area (Å²) >= 11 is 0. The fourth-order valence-electron chi connectivity index (χ4n) is 2.85. The molecule has 1 N–H and O–H groups in total. The van der Waals surface area contributed by atoms with Crippen LogP contribution in [-0.4, -0.2) is 35.7 Å². The summed E-state index contributed by atoms with van der Waals surface area (Å²) in [7, 11) is 0. The lowest BCUT2D eigenvalue weighted by molar-refractivity contribution is 0.375. The second-order valence-corrected chi connectivity index (χ2v) is 5.50. The summed E-state index contributed by atoms with van der Waals surface area (Å²) in [5.74, 6) is 1.23. The average molecular weight is 278 g/mol. The number of nitrogens with one attached hydrogen (secondary N) is 1. The van der Waals surface area contributed by atoms with Gasteiger partial charge in [-0.3, -0.25) is 4.79 Å². The molecular weight excluding hydrogens is 252 g/mol. The molecule has 0 bridgehead atoms. The second-order valence-electron chi connectivity index (χ2n) is 5.50. The maximum absolute atomic E-state index is 12.4. The predicted molar refractivity (Wildman–Crippen MR) is 82.3 cm³/mol. The summed E-state index contributed by atoms with van der Waals surface area (Å²) in [5.41, 5.74) is 0.0345. The van der Waals surface area contributed by atoms with Crippen molar-refractivity contribution in [3.05, 3.63) is 22.7 Å². The van der Waals surface area contributed by atoms with E-state index in [1.165, 1.54) is 12.8 Å². The van der Waals surface area contributed by atoms with Gasteiger partial charge in [-0.05, 0) is 45.2 Å². The number of aromatic nitrogens is 2. The minimum Gasteiger partial charge on any atom is -0.352 e. The van der Waals surface area contributed by atoms with E-state index >= 15 is 0 Å². The van der Waals surface area contributed by atoms with Gasteiger partial charge in [-0.1, -0.05) is 6.92 Å². The molecule has 1 aromatic heterocycles. The molecule has 5 heteroatoms. The number of anilines is 1. The highest BCUT2D eigenvalue weighted by Gasteiger charge is 2.19. The van der Waals surface area contributed by atoms with Gasteiger partial charge in [0.1, 0.15) is 0 Å². The van der Waals surface area contributed by atoms with Gasteiger partial charge in [0.25, 0.3) is 5.56 Å². The van der Waals surface area contributed by atoms with E-state index in [2.05, 4.69) is 22.1 Å². The Morgan fingerprint density at radius 3 is 3.00 bits per heavy atom. The molecule has 2 heterocycles. The Morgan fingerprint density at radius 1 is 1.50 bits per heavy atom. The molecule has 1 unspecified atom stereocenters. The minimum absolute atomic E-state index is 0.0345. The van der Waals surface area contributed by atoms with Crippen molar-refractivity contribution in [2.45, 2.75) is 39.7 Å². The molecule has 0 aromatic carbocycles. The van der Waals surface area contributed by atoms with E-state index in [1.54, 1.807) is 17.0 Å². The number of hydrogen-bond acceptors (Lipinski definition) is 4. The van der Waals surface area contributed by atoms with Gasteiger partial charge in [0.05, 0.1) is 0 Å². The fraction of sp³-hybridized carbons (Fsp3) is 0.733. The first-order chi connectivity index (χ1) is 9.76. The van der Waals surface area contributed by atoms with Crippen LogP contribution in [0.2, 0.25) is 0 Å². The molecule has 1 atom stereocenters. The summed E-state index contributed by atoms with van der Waals surface area (Å²) < 4.78 is 1.73. The van der Waals surface area contributed by atoms with E-state index in [-0.39, 0.29) is 5.56 Å². The third kappa shape index (κ3) is 3.60. The highest BCUT2D eigenvalue weighted by Crippen LogP contribution is 2.15. The van der Waals surface area contributed by atoms with Gasteiger partial charge in [-0.25, -0.2) is 4.98 Å². The van der Waals surface area contributed by atoms with Crippen molar-refractivity contribution in [2.75, 3.05) is 31.1 Å². The molecule has 0 saturated carbocycles. The molecule has 2 rings (SSSR count). The van der Waals surface area contributed by atoms with Crippen LogP contribution in [0.3, 0.4) is 0 Å². The first-order valence-electron chi connectivity index (χ1n) is 7.77. The third-order valence-corrected chi connectivity index (χ3v) is 3.91. The van der Waals surface area contributed by atoms with E-state index in [9.17, 15) is 4.79 Å². The van der Waals surface area contributed by atoms with Crippen molar-refractivity contribution in [3.63, 3.8) is 0 Å². The van der Waals surface area contributed by atoms with Crippen molar-refractivity contribution in [1.82, 2.24) is 14.9 Å². The maximum Gasteiger partial charge on any atom is 0.293 e. The van der Waals surface area contributed by atoms with Gasteiger partial charge in [0, 0.05) is 32.0 Å². The fourth-order valence-corrected chi connectivity index (χ4v) is 2.85. The van der Waals surface area contributed by atoms with Crippen LogP contribution >= 0.6 is 0 Å². The van der Waals surface area contributed by atoms with Gasteiger partial charge in [-0.2, -0.15) is 0 Å². The molecule has 1 fully saturated rings. The topological polar surface area (TPSA) is 50.2 Å². The third-order valence-electron chi connectivity index (χ3n) is 3.91. The Morgan fingerprint density at radius 2 is 2.35 bits per heavy atom. The number of piperidine rings is 1. The van der Waals surface area contributed by atoms with Crippen LogP contribution in [-0.2, 0) is 6.54 Å². The quantitative estimate of drug-likeness (QED) is 0.856. The standard InChI is InChI=1S/C15H26N4O/c1-3-9-19(12-13-6-5-7-16-11-13)14-15(20)18(4-2)10-8-17-14/h8,10,13,16H,3-7,9,11-12H2,1-2H3. The maximum atomic E-state index is 12.4. The lowest BCUT2D eigenvalue weighted by Gasteiger charge is -2.30. The van der Waals surface area contributed by atoms with E-state index < -0.39 is 0 Å². The smallest absolute Gasteiger partial charge is 0.293 e. The second kappa shape index (κ2) is 7.43. The molecule has 0 radical (unpaired) electrons. The zero-order valence-electron chi connectivity index (χ0n) is 12.6. The van der Waals surface area contributed by atoms with Crippen LogP contribution in [0.1, 0.15) is 33.1 Å². The summed E-state index contributed by atoms with van der Waals surface area (Å²) in [5, 5.41) is 3.44. The van der Waals surface area contributed by atoms with E-state index in [0.717, 1.165) is 32.6 Å². The van der Waals surface area contributed by atoms with Crippen LogP contribution in [0, 0.1) is 5.92 Å². The lowest BCUT2D eigenvalue weighted by atomic mass is 9.99. The summed E-state index contributed by atoms with van der Waals surface area (Å²) in [6.07, 6.45) is 7.00. The minimum atomic E-state index is 0.0345. The zero-order valence-corrected chi connectivity index (χ0v) is 12.6. The largest absolute Gasteiger partial charge is 0.352 e. The van der Waals surface area contributed by atoms with Crippen molar-refractivity contribution >= 4 is 5.82 Å². The molecule has 1 aliphatic rings. The summed E-state index contributed by atoms with van der Waals surface area (Å²) in [6, 6.07) is 0. The summed E-state index contributed by atoms with van der Waals surface area (Å²) in [4.78, 5) is 18.9. The van der Waals surface area contributed by atoms with E-state index in [4.69, 9.17) is 0 Å². The molecule has 0 spiro atoms. The predicted octanol–water partition coefficient (Wildman–Crippen LogP) is 1.48. The van der Waals surface area contributed by atoms with Crippen molar-refractivity contribution in [1.29, 1.82) is 0 Å². The van der Waals surface area contributed by atoms with Crippen molar-refractivity contribution in [2.24, 2.45) is 5.92 Å². The monoisotopic (exact) mass is 278 g/mol. The number of nitrogens with zero attached hydrogens (tertiary/aromatic N) is 3. The van der Waals surface area contributed by atoms with Crippen LogP contribution in [0.4, 0.5) is 5.82 Å². The van der Waals surface area contributed by atoms with E-state index in [1.807, 2.05) is 6.92 Å². The molecule has 112 valence electrons. The molecular formula is C15H26N4O. The Kier molecular flexibility index (Phi) is 5.59. The van der Waals surface area contributed by atoms with Crippen molar-refractivity contribution in [3.8, 4) is 0 Å². The Hall–Kier alpha value is -1.36. The molecule has 0 amide bonds. The number of hydrogen-bond donors (Lipinski definition) is 1. The van der Waals surface area contributed by atoms with Crippen LogP contribution in [0.5, 0.6) is 0 Å². The van der Waals surface area contributed by atoms with Gasteiger partial charge in [-0.15, -0.1) is 0 Å². The van der Waals surface area contributed by atoms with Gasteiger partial charge < -0.3 is 14.8 Å². The highest BCUT2D eigenvalue weighted by molar-refractivity contribution is 5.35. The Balaban J connectivity index is 2.17. The van der Waals surface area contributed by atoms with Crippen LogP contribution in [0.25, 0.3) is 0 Å². The van der Waals surface area contributed by atoms with Gasteiger partial charge in [0.2, 0.25) is 0 Å². The Labute approximate surface area is 121 Å². The average Bonchev–Trinajstić information content (AvgIpc) is 2.48. The van der Waals surface area contributed by atoms with Crippen LogP contribution < -0.4 is 15.8 Å². The first kappa shape index (κ1) is 15.0. The first-order valence-corrected chi connectivity index (χ1v) is 7.77. The zero-order chi connectivity index (χ0) is 14.4. The Bertz CT molecular complexity index is 465. The number of aryl methyl sites for hydroxylation is 1. The van der Waals surface area contributed by atoms with E-state index in [0.29, 0.717) is 18.3 Å². The lowest BCUT2D eigenvalue weighted by Crippen LogP contribution is -2.41. The normalized spacial score (nSPS) is 19.0. The molecule has 1 aromatic rings. The highest BCUT2D eigenvalue weighted by atomic mass is 16.1. The van der Waals surface area contributed by atoms with Crippen LogP contribution in [0.15, 0.2) is 17.2 Å². The SMILES string of the molecule is CCCN(CC1CCCNC1)c1nccn(CC)c1=O. The molecule has 5 nitrogen and oxygen atoms in total. The van der Waals surface area contributed by atoms with Gasteiger partial charge in [0.15, 0.2) is 5.82 Å². The molecule has 1 aliphatic heterocycles.